The topological polar surface area (TPSA) is 193 Å². The third kappa shape index (κ3) is 7.39. The van der Waals surface area contributed by atoms with Gasteiger partial charge in [-0.05, 0) is 43.7 Å². The standard InChI is InChI=1S/C38H45N5O9S/c1-7-23-20-38(23,34(46)42-53(49,50)37(5)15-16-37)41-32(44)29-18-25(21-43(29)33(45)31(36(2,3)4)40-35(47)48)52-30-19-27(22-11-9-8-10-12-22)39-28-17-24(51-6)13-14-26(28)30/h7-14,17,19,23,25,29,31,40H,1,15-16,18,20-21H2,2-6H3,(H,41,44)(H,42,46)(H,47,48). The third-order valence-corrected chi connectivity index (χ3v) is 12.6. The highest BCUT2D eigenvalue weighted by Gasteiger charge is 2.63. The number of sulfonamides is 1. The zero-order chi connectivity index (χ0) is 38.5. The number of hydrogen-bond acceptors (Lipinski definition) is 9. The number of nitrogens with one attached hydrogen (secondary N) is 3. The molecule has 0 radical (unpaired) electrons. The van der Waals surface area contributed by atoms with Crippen LogP contribution in [-0.4, -0.2) is 89.4 Å². The van der Waals surface area contributed by atoms with E-state index < -0.39 is 73.6 Å². The van der Waals surface area contributed by atoms with Gasteiger partial charge in [0, 0.05) is 35.4 Å². The van der Waals surface area contributed by atoms with Gasteiger partial charge in [-0.2, -0.15) is 0 Å². The van der Waals surface area contributed by atoms with Crippen LogP contribution in [0, 0.1) is 11.3 Å². The fraction of sp³-hybridized carbons (Fsp3) is 0.447. The normalized spacial score (nSPS) is 23.7. The molecule has 2 aliphatic carbocycles. The lowest BCUT2D eigenvalue weighted by molar-refractivity contribution is -0.142. The Bertz CT molecular complexity index is 2080. The van der Waals surface area contributed by atoms with Gasteiger partial charge in [0.25, 0.3) is 5.91 Å². The van der Waals surface area contributed by atoms with E-state index in [4.69, 9.17) is 14.5 Å². The highest BCUT2D eigenvalue weighted by Crippen LogP contribution is 2.47. The van der Waals surface area contributed by atoms with Crippen molar-refractivity contribution in [1.29, 1.82) is 0 Å². The maximum absolute atomic E-state index is 14.3. The summed E-state index contributed by atoms with van der Waals surface area (Å²) >= 11 is 0. The molecule has 5 unspecified atom stereocenters. The molecule has 3 fully saturated rings. The second kappa shape index (κ2) is 13.7. The van der Waals surface area contributed by atoms with E-state index in [9.17, 15) is 32.7 Å². The van der Waals surface area contributed by atoms with E-state index in [2.05, 4.69) is 21.9 Å². The summed E-state index contributed by atoms with van der Waals surface area (Å²) in [7, 11) is -2.46. The van der Waals surface area contributed by atoms with Crippen LogP contribution in [0.5, 0.6) is 11.5 Å². The molecule has 3 aromatic rings. The number of carboxylic acid groups (broad SMARTS) is 1. The Kier molecular flexibility index (Phi) is 9.69. The van der Waals surface area contributed by atoms with Gasteiger partial charge in [-0.1, -0.05) is 57.2 Å². The summed E-state index contributed by atoms with van der Waals surface area (Å²) in [5.41, 5.74) is -0.450. The number of pyridine rings is 1. The van der Waals surface area contributed by atoms with Crippen molar-refractivity contribution >= 4 is 44.7 Å². The predicted octanol–water partition coefficient (Wildman–Crippen LogP) is 4.00. The lowest BCUT2D eigenvalue weighted by Crippen LogP contribution is -2.60. The zero-order valence-electron chi connectivity index (χ0n) is 30.3. The van der Waals surface area contributed by atoms with E-state index in [0.717, 1.165) is 5.56 Å². The molecule has 282 valence electrons. The maximum atomic E-state index is 14.3. The van der Waals surface area contributed by atoms with Gasteiger partial charge >= 0.3 is 6.09 Å². The van der Waals surface area contributed by atoms with Crippen molar-refractivity contribution in [2.45, 2.75) is 81.9 Å². The molecule has 1 aromatic heterocycles. The highest BCUT2D eigenvalue weighted by molar-refractivity contribution is 7.91. The van der Waals surface area contributed by atoms with E-state index >= 15 is 0 Å². The van der Waals surface area contributed by atoms with E-state index in [1.54, 1.807) is 59.1 Å². The molecule has 5 atom stereocenters. The van der Waals surface area contributed by atoms with Gasteiger partial charge in [-0.3, -0.25) is 19.1 Å². The van der Waals surface area contributed by atoms with Crippen molar-refractivity contribution in [3.63, 3.8) is 0 Å². The summed E-state index contributed by atoms with van der Waals surface area (Å²) in [6.07, 6.45) is 0.224. The van der Waals surface area contributed by atoms with Gasteiger partial charge in [-0.15, -0.1) is 6.58 Å². The van der Waals surface area contributed by atoms with Crippen molar-refractivity contribution < 1.29 is 42.2 Å². The van der Waals surface area contributed by atoms with Crippen molar-refractivity contribution in [2.24, 2.45) is 11.3 Å². The number of ether oxygens (including phenoxy) is 2. The Morgan fingerprint density at radius 2 is 1.79 bits per heavy atom. The summed E-state index contributed by atoms with van der Waals surface area (Å²) in [5, 5.41) is 15.4. The molecule has 3 aliphatic rings. The molecule has 1 saturated heterocycles. The lowest BCUT2D eigenvalue weighted by Gasteiger charge is -2.35. The second-order valence-corrected chi connectivity index (χ2v) is 17.6. The molecule has 14 nitrogen and oxygen atoms in total. The number of fused-ring (bicyclic) bond motifs is 1. The molecule has 2 aromatic carbocycles. The van der Waals surface area contributed by atoms with Gasteiger partial charge in [-0.25, -0.2) is 18.2 Å². The van der Waals surface area contributed by atoms with Gasteiger partial charge in [0.05, 0.1) is 29.6 Å². The summed E-state index contributed by atoms with van der Waals surface area (Å²) in [5.74, 6) is -1.77. The van der Waals surface area contributed by atoms with Crippen LogP contribution in [0.4, 0.5) is 4.79 Å². The number of carbonyl (C=O) groups is 4. The molecule has 4 amide bonds. The van der Waals surface area contributed by atoms with Crippen LogP contribution in [0.15, 0.2) is 67.3 Å². The summed E-state index contributed by atoms with van der Waals surface area (Å²) < 4.78 is 39.1. The lowest BCUT2D eigenvalue weighted by atomic mass is 9.85. The van der Waals surface area contributed by atoms with Crippen LogP contribution in [0.2, 0.25) is 0 Å². The first-order valence-electron chi connectivity index (χ1n) is 17.4. The summed E-state index contributed by atoms with van der Waals surface area (Å²) in [6.45, 7) is 10.3. The Hall–Kier alpha value is -5.18. The fourth-order valence-corrected chi connectivity index (χ4v) is 8.08. The molecule has 53 heavy (non-hydrogen) atoms. The monoisotopic (exact) mass is 747 g/mol. The number of aromatic nitrogens is 1. The van der Waals surface area contributed by atoms with Crippen LogP contribution in [0.3, 0.4) is 0 Å². The molecule has 2 heterocycles. The highest BCUT2D eigenvalue weighted by atomic mass is 32.2. The molecule has 2 saturated carbocycles. The smallest absolute Gasteiger partial charge is 0.405 e. The maximum Gasteiger partial charge on any atom is 0.405 e. The largest absolute Gasteiger partial charge is 0.497 e. The molecule has 0 spiro atoms. The molecule has 0 bridgehead atoms. The molecule has 4 N–H and O–H groups in total. The Balaban J connectivity index is 1.34. The second-order valence-electron chi connectivity index (χ2n) is 15.4. The van der Waals surface area contributed by atoms with Gasteiger partial charge in [0.15, 0.2) is 0 Å². The van der Waals surface area contributed by atoms with E-state index in [0.29, 0.717) is 40.9 Å². The van der Waals surface area contributed by atoms with Gasteiger partial charge in [0.2, 0.25) is 21.8 Å². The quantitative estimate of drug-likeness (QED) is 0.197. The number of methoxy groups -OCH3 is 1. The number of rotatable bonds is 12. The Morgan fingerprint density at radius 3 is 2.38 bits per heavy atom. The van der Waals surface area contributed by atoms with Crippen molar-refractivity contribution in [3.05, 3.63) is 67.3 Å². The number of carbonyl (C=O) groups excluding carboxylic acids is 3. The first-order valence-corrected chi connectivity index (χ1v) is 18.9. The molecular weight excluding hydrogens is 703 g/mol. The van der Waals surface area contributed by atoms with Gasteiger partial charge < -0.3 is 30.1 Å². The molecular formula is C38H45N5O9S. The van der Waals surface area contributed by atoms with Crippen LogP contribution < -0.4 is 24.8 Å². The Labute approximate surface area is 308 Å². The fourth-order valence-electron chi connectivity index (χ4n) is 6.77. The summed E-state index contributed by atoms with van der Waals surface area (Å²) in [6, 6.07) is 14.2. The predicted molar refractivity (Wildman–Crippen MR) is 197 cm³/mol. The van der Waals surface area contributed by atoms with E-state index in [-0.39, 0.29) is 19.4 Å². The minimum Gasteiger partial charge on any atom is -0.497 e. The average Bonchev–Trinajstić information content (AvgIpc) is 4.00. The van der Waals surface area contributed by atoms with Crippen molar-refractivity contribution in [1.82, 2.24) is 25.2 Å². The first-order chi connectivity index (χ1) is 24.9. The van der Waals surface area contributed by atoms with Crippen LogP contribution in [0.25, 0.3) is 22.2 Å². The number of likely N-dealkylation sites (tertiary alicyclic amines) is 1. The zero-order valence-corrected chi connectivity index (χ0v) is 31.2. The minimum atomic E-state index is -4.01. The molecule has 6 rings (SSSR count). The number of amides is 4. The SMILES string of the molecule is C=CC1CC1(NC(=O)C1CC(Oc2cc(-c3ccccc3)nc3cc(OC)ccc23)CN1C(=O)C(NC(=O)O)C(C)(C)C)C(=O)NS(=O)(=O)C1(C)CC1. The first kappa shape index (κ1) is 37.6. The Morgan fingerprint density at radius 1 is 1.09 bits per heavy atom. The van der Waals surface area contributed by atoms with E-state index in [1.807, 2.05) is 30.3 Å². The number of nitrogens with zero attached hydrogens (tertiary/aromatic N) is 2. The minimum absolute atomic E-state index is 0.0189. The average molecular weight is 748 g/mol. The van der Waals surface area contributed by atoms with Crippen molar-refractivity contribution in [2.75, 3.05) is 13.7 Å². The van der Waals surface area contributed by atoms with Crippen LogP contribution >= 0.6 is 0 Å². The summed E-state index contributed by atoms with van der Waals surface area (Å²) in [4.78, 5) is 60.1. The van der Waals surface area contributed by atoms with Crippen LogP contribution in [0.1, 0.15) is 53.4 Å². The molecule has 15 heteroatoms. The van der Waals surface area contributed by atoms with Gasteiger partial charge in [0.1, 0.15) is 35.2 Å². The number of benzene rings is 2. The van der Waals surface area contributed by atoms with Crippen molar-refractivity contribution in [3.8, 4) is 22.8 Å². The van der Waals surface area contributed by atoms with Crippen LogP contribution in [-0.2, 0) is 24.4 Å². The molecule has 1 aliphatic heterocycles. The van der Waals surface area contributed by atoms with E-state index in [1.165, 1.54) is 11.0 Å². The third-order valence-electron chi connectivity index (χ3n) is 10.5. The number of hydrogen-bond donors (Lipinski definition) is 4.